The third kappa shape index (κ3) is 2.60. The highest BCUT2D eigenvalue weighted by atomic mass is 32.2. The minimum absolute atomic E-state index is 0.367. The summed E-state index contributed by atoms with van der Waals surface area (Å²) in [6, 6.07) is 9.53. The molecular formula is C11H9N7O2S. The summed E-state index contributed by atoms with van der Waals surface area (Å²) in [7, 11) is 1.59. The molecule has 9 nitrogen and oxygen atoms in total. The van der Waals surface area contributed by atoms with Crippen LogP contribution in [-0.2, 0) is 7.05 Å². The molecule has 3 rings (SSSR count). The first-order valence-corrected chi connectivity index (χ1v) is 6.65. The van der Waals surface area contributed by atoms with E-state index in [0.29, 0.717) is 10.3 Å². The van der Waals surface area contributed by atoms with Crippen LogP contribution in [0.15, 0.2) is 47.0 Å². The molecule has 0 spiro atoms. The quantitative estimate of drug-likeness (QED) is 0.530. The Morgan fingerprint density at radius 3 is 2.67 bits per heavy atom. The lowest BCUT2D eigenvalue weighted by atomic mass is 10.3. The van der Waals surface area contributed by atoms with E-state index in [0.717, 1.165) is 17.4 Å². The van der Waals surface area contributed by atoms with Crippen LogP contribution >= 0.6 is 11.8 Å². The van der Waals surface area contributed by atoms with E-state index in [1.54, 1.807) is 17.9 Å². The summed E-state index contributed by atoms with van der Waals surface area (Å²) in [5.74, 6) is -0.439. The van der Waals surface area contributed by atoms with Crippen LogP contribution in [0.3, 0.4) is 0 Å². The fraction of sp³-hybridized carbons (Fsp3) is 0.0909. The first-order chi connectivity index (χ1) is 10.1. The first kappa shape index (κ1) is 13.2. The summed E-state index contributed by atoms with van der Waals surface area (Å²) in [4.78, 5) is 13.9. The van der Waals surface area contributed by atoms with Gasteiger partial charge in [0.1, 0.15) is 6.33 Å². The van der Waals surface area contributed by atoms with E-state index in [9.17, 15) is 10.1 Å². The van der Waals surface area contributed by atoms with Crippen molar-refractivity contribution in [3.05, 3.63) is 46.8 Å². The largest absolute Gasteiger partial charge is 0.492 e. The molecule has 2 aromatic heterocycles. The average Bonchev–Trinajstić information content (AvgIpc) is 3.08. The van der Waals surface area contributed by atoms with Gasteiger partial charge in [-0.2, -0.15) is 4.68 Å². The van der Waals surface area contributed by atoms with Crippen LogP contribution in [0.25, 0.3) is 5.69 Å². The molecule has 1 aromatic carbocycles. The maximum Gasteiger partial charge on any atom is 0.492 e. The van der Waals surface area contributed by atoms with E-state index in [1.807, 2.05) is 30.3 Å². The smallest absolute Gasteiger partial charge is 0.390 e. The van der Waals surface area contributed by atoms with Crippen LogP contribution in [0.5, 0.6) is 0 Å². The summed E-state index contributed by atoms with van der Waals surface area (Å²) < 4.78 is 3.11. The fourth-order valence-electron chi connectivity index (χ4n) is 1.66. The Balaban J connectivity index is 1.93. The Morgan fingerprint density at radius 2 is 2.00 bits per heavy atom. The van der Waals surface area contributed by atoms with Gasteiger partial charge in [0.05, 0.1) is 0 Å². The van der Waals surface area contributed by atoms with Gasteiger partial charge in [-0.1, -0.05) is 18.2 Å². The maximum atomic E-state index is 10.7. The van der Waals surface area contributed by atoms with E-state index in [4.69, 9.17) is 0 Å². The molecule has 0 aliphatic carbocycles. The highest BCUT2D eigenvalue weighted by molar-refractivity contribution is 7.99. The molecule has 21 heavy (non-hydrogen) atoms. The molecule has 0 saturated carbocycles. The molecule has 0 fully saturated rings. The Labute approximate surface area is 122 Å². The van der Waals surface area contributed by atoms with Crippen LogP contribution in [0, 0.1) is 10.1 Å². The highest BCUT2D eigenvalue weighted by Gasteiger charge is 2.22. The highest BCUT2D eigenvalue weighted by Crippen LogP contribution is 2.26. The van der Waals surface area contributed by atoms with Crippen molar-refractivity contribution in [1.29, 1.82) is 0 Å². The molecule has 0 radical (unpaired) electrons. The van der Waals surface area contributed by atoms with Crippen molar-refractivity contribution >= 4 is 17.7 Å². The van der Waals surface area contributed by atoms with Gasteiger partial charge < -0.3 is 10.1 Å². The van der Waals surface area contributed by atoms with Gasteiger partial charge in [0.2, 0.25) is 5.16 Å². The molecular weight excluding hydrogens is 294 g/mol. The van der Waals surface area contributed by atoms with Gasteiger partial charge >= 0.3 is 5.95 Å². The number of rotatable bonds is 4. The molecule has 0 unspecified atom stereocenters. The molecule has 0 atom stereocenters. The summed E-state index contributed by atoms with van der Waals surface area (Å²) in [5.41, 5.74) is 0.890. The van der Waals surface area contributed by atoms with Gasteiger partial charge in [0.25, 0.3) is 5.16 Å². The summed E-state index contributed by atoms with van der Waals surface area (Å²) in [5, 5.41) is 23.2. The second-order valence-electron chi connectivity index (χ2n) is 4.00. The number of hydrogen-bond acceptors (Lipinski definition) is 7. The summed E-state index contributed by atoms with van der Waals surface area (Å²) in [6.45, 7) is 0. The van der Waals surface area contributed by atoms with Crippen molar-refractivity contribution in [3.8, 4) is 5.69 Å². The minimum Gasteiger partial charge on any atom is -0.390 e. The third-order valence-corrected chi connectivity index (χ3v) is 3.61. The number of nitrogens with zero attached hydrogens (tertiary/aromatic N) is 7. The second-order valence-corrected chi connectivity index (χ2v) is 4.93. The number of aromatic nitrogens is 6. The molecule has 0 amide bonds. The van der Waals surface area contributed by atoms with Crippen molar-refractivity contribution < 1.29 is 4.92 Å². The molecule has 2 heterocycles. The molecule has 10 heteroatoms. The Kier molecular flexibility index (Phi) is 3.36. The van der Waals surface area contributed by atoms with Gasteiger partial charge in [-0.05, 0) is 22.0 Å². The standard InChI is InChI=1S/C11H9N7O2S/c1-16-10(13-9(15-16)18(19)20)21-11-14-12-7-17(11)8-5-3-2-4-6-8/h2-7H,1H3. The number of para-hydroxylation sites is 1. The summed E-state index contributed by atoms with van der Waals surface area (Å²) >= 11 is 1.15. The normalized spacial score (nSPS) is 10.7. The van der Waals surface area contributed by atoms with E-state index in [-0.39, 0.29) is 0 Å². The molecule has 0 bridgehead atoms. The molecule has 3 aromatic rings. The van der Waals surface area contributed by atoms with E-state index in [1.165, 1.54) is 4.68 Å². The lowest BCUT2D eigenvalue weighted by Crippen LogP contribution is -1.97. The number of aryl methyl sites for hydroxylation is 1. The van der Waals surface area contributed by atoms with Gasteiger partial charge in [-0.15, -0.1) is 10.2 Å². The van der Waals surface area contributed by atoms with Crippen molar-refractivity contribution in [2.75, 3.05) is 0 Å². The zero-order valence-corrected chi connectivity index (χ0v) is 11.6. The Bertz CT molecular complexity index is 783. The van der Waals surface area contributed by atoms with Gasteiger partial charge in [-0.3, -0.25) is 4.57 Å². The maximum absolute atomic E-state index is 10.7. The molecule has 0 aliphatic rings. The van der Waals surface area contributed by atoms with Crippen LogP contribution < -0.4 is 0 Å². The van der Waals surface area contributed by atoms with Crippen LogP contribution in [0.1, 0.15) is 0 Å². The molecule has 0 N–H and O–H groups in total. The van der Waals surface area contributed by atoms with E-state index >= 15 is 0 Å². The number of benzene rings is 1. The molecule has 0 saturated heterocycles. The predicted octanol–water partition coefficient (Wildman–Crippen LogP) is 1.46. The van der Waals surface area contributed by atoms with E-state index in [2.05, 4.69) is 20.3 Å². The van der Waals surface area contributed by atoms with Gasteiger partial charge in [0, 0.05) is 29.6 Å². The molecule has 106 valence electrons. The van der Waals surface area contributed by atoms with Crippen LogP contribution in [0.2, 0.25) is 0 Å². The van der Waals surface area contributed by atoms with Gasteiger partial charge in [-0.25, -0.2) is 0 Å². The zero-order chi connectivity index (χ0) is 14.8. The van der Waals surface area contributed by atoms with Crippen molar-refractivity contribution in [2.45, 2.75) is 10.3 Å². The van der Waals surface area contributed by atoms with Crippen molar-refractivity contribution in [3.63, 3.8) is 0 Å². The first-order valence-electron chi connectivity index (χ1n) is 5.84. The van der Waals surface area contributed by atoms with Crippen molar-refractivity contribution in [2.24, 2.45) is 7.05 Å². The zero-order valence-electron chi connectivity index (χ0n) is 10.8. The number of hydrogen-bond donors (Lipinski definition) is 0. The van der Waals surface area contributed by atoms with Gasteiger partial charge in [0.15, 0.2) is 0 Å². The van der Waals surface area contributed by atoms with Crippen molar-refractivity contribution in [1.82, 2.24) is 29.5 Å². The molecule has 0 aliphatic heterocycles. The number of nitro groups is 1. The van der Waals surface area contributed by atoms with Crippen LogP contribution in [-0.4, -0.2) is 34.5 Å². The second kappa shape index (κ2) is 5.32. The fourth-order valence-corrected chi connectivity index (χ4v) is 2.47. The Hall–Kier alpha value is -2.75. The van der Waals surface area contributed by atoms with E-state index < -0.39 is 10.9 Å². The monoisotopic (exact) mass is 303 g/mol. The summed E-state index contributed by atoms with van der Waals surface area (Å²) in [6.07, 6.45) is 1.57. The SMILES string of the molecule is Cn1nc([N+](=O)[O-])nc1Sc1nncn1-c1ccccc1. The lowest BCUT2D eigenvalue weighted by Gasteiger charge is -2.03. The predicted molar refractivity (Wildman–Crippen MR) is 73.1 cm³/mol. The Morgan fingerprint density at radius 1 is 1.24 bits per heavy atom. The van der Waals surface area contributed by atoms with Crippen LogP contribution in [0.4, 0.5) is 5.95 Å². The topological polar surface area (TPSA) is 105 Å². The third-order valence-electron chi connectivity index (χ3n) is 2.61. The lowest BCUT2D eigenvalue weighted by molar-refractivity contribution is -0.394. The minimum atomic E-state index is -0.633. The average molecular weight is 303 g/mol.